The first kappa shape index (κ1) is 50.4. The number of benzene rings is 2. The van der Waals surface area contributed by atoms with E-state index in [4.69, 9.17) is 0 Å². The molecule has 4 fully saturated rings. The van der Waals surface area contributed by atoms with Crippen LogP contribution in [0.3, 0.4) is 0 Å². The van der Waals surface area contributed by atoms with Crippen molar-refractivity contribution in [2.45, 2.75) is 191 Å². The minimum absolute atomic E-state index is 0.0542. The Morgan fingerprint density at radius 1 is 0.507 bits per heavy atom. The van der Waals surface area contributed by atoms with Crippen LogP contribution in [0.1, 0.15) is 164 Å². The molecule has 2 aliphatic heterocycles. The fourth-order valence-electron chi connectivity index (χ4n) is 12.4. The first-order chi connectivity index (χ1) is 33.5. The summed E-state index contributed by atoms with van der Waals surface area (Å²) >= 11 is 0. The van der Waals surface area contributed by atoms with Crippen LogP contribution in [0.2, 0.25) is 0 Å². The molecule has 0 unspecified atom stereocenters. The Labute approximate surface area is 409 Å². The summed E-state index contributed by atoms with van der Waals surface area (Å²) in [5.74, 6) is -0.853. The number of carbonyl (C=O) groups excluding carboxylic acids is 6. The lowest BCUT2D eigenvalue weighted by Gasteiger charge is -2.36. The normalized spacial score (nSPS) is 24.8. The van der Waals surface area contributed by atoms with Gasteiger partial charge in [0.1, 0.15) is 24.2 Å². The topological polar surface area (TPSA) is 193 Å². The smallest absolute Gasteiger partial charge is 0.246 e. The Morgan fingerprint density at radius 3 is 1.30 bits per heavy atom. The summed E-state index contributed by atoms with van der Waals surface area (Å²) in [7, 11) is 3.47. The van der Waals surface area contributed by atoms with E-state index in [2.05, 4.69) is 61.5 Å². The van der Waals surface area contributed by atoms with Gasteiger partial charge in [0.2, 0.25) is 35.4 Å². The SMILES string of the molecule is CN[C@@H](C)C(=O)N[C@H](C(=O)N1CCC[C@H]1C(=O)N[C@@H]1CCCc2c(Nc3cccc4c3CCC[C@H]4NC(=O)[C@@H]3CCCN3C(=O)[C@@H](NC(=O)[C@H](C)NC)C3CCCCC3)cccc21)C1CCCCC1. The van der Waals surface area contributed by atoms with Crippen molar-refractivity contribution in [3.05, 3.63) is 58.7 Å². The Kier molecular flexibility index (Phi) is 17.0. The third-order valence-electron chi connectivity index (χ3n) is 16.6. The zero-order valence-electron chi connectivity index (χ0n) is 41.6. The largest absolute Gasteiger partial charge is 0.355 e. The summed E-state index contributed by atoms with van der Waals surface area (Å²) in [6, 6.07) is 8.76. The second kappa shape index (κ2) is 23.3. The molecule has 2 saturated heterocycles. The van der Waals surface area contributed by atoms with E-state index in [0.717, 1.165) is 138 Å². The molecule has 0 bridgehead atoms. The lowest BCUT2D eigenvalue weighted by atomic mass is 9.83. The summed E-state index contributed by atoms with van der Waals surface area (Å²) in [6.07, 6.45) is 17.7. The van der Waals surface area contributed by atoms with E-state index in [0.29, 0.717) is 25.9 Å². The lowest BCUT2D eigenvalue weighted by molar-refractivity contribution is -0.143. The maximum Gasteiger partial charge on any atom is 0.246 e. The average molecular weight is 950 g/mol. The minimum atomic E-state index is -0.646. The van der Waals surface area contributed by atoms with Gasteiger partial charge in [-0.25, -0.2) is 0 Å². The lowest BCUT2D eigenvalue weighted by Crippen LogP contribution is -2.58. The van der Waals surface area contributed by atoms with Gasteiger partial charge in [-0.1, -0.05) is 62.8 Å². The van der Waals surface area contributed by atoms with Crippen LogP contribution in [0.4, 0.5) is 11.4 Å². The molecule has 2 saturated carbocycles. The maximum atomic E-state index is 14.4. The fraction of sp³-hybridized carbons (Fsp3) is 0.667. The highest BCUT2D eigenvalue weighted by Gasteiger charge is 2.44. The molecule has 6 aliphatic rings. The van der Waals surface area contributed by atoms with Crippen molar-refractivity contribution in [3.63, 3.8) is 0 Å². The van der Waals surface area contributed by atoms with Crippen LogP contribution in [0.5, 0.6) is 0 Å². The van der Waals surface area contributed by atoms with Crippen LogP contribution in [-0.4, -0.2) is 109 Å². The number of carbonyl (C=O) groups is 6. The van der Waals surface area contributed by atoms with Crippen molar-refractivity contribution in [2.24, 2.45) is 11.8 Å². The average Bonchev–Trinajstić information content (AvgIpc) is 4.09. The molecule has 2 heterocycles. The van der Waals surface area contributed by atoms with Gasteiger partial charge in [0.25, 0.3) is 0 Å². The quantitative estimate of drug-likeness (QED) is 0.110. The second-order valence-corrected chi connectivity index (χ2v) is 20.9. The predicted molar refractivity (Wildman–Crippen MR) is 267 cm³/mol. The van der Waals surface area contributed by atoms with Crippen molar-refractivity contribution < 1.29 is 28.8 Å². The summed E-state index contributed by atoms with van der Waals surface area (Å²) in [6.45, 7) is 4.57. The number of anilines is 2. The van der Waals surface area contributed by atoms with Crippen LogP contribution < -0.4 is 37.2 Å². The highest BCUT2D eigenvalue weighted by molar-refractivity contribution is 5.95. The van der Waals surface area contributed by atoms with Crippen LogP contribution in [0, 0.1) is 11.8 Å². The number of fused-ring (bicyclic) bond motifs is 2. The van der Waals surface area contributed by atoms with Gasteiger partial charge in [0, 0.05) is 24.5 Å². The third kappa shape index (κ3) is 11.5. The maximum absolute atomic E-state index is 14.4. The monoisotopic (exact) mass is 950 g/mol. The molecule has 2 aromatic rings. The van der Waals surface area contributed by atoms with E-state index in [-0.39, 0.29) is 59.4 Å². The number of likely N-dealkylation sites (tertiary alicyclic amines) is 2. The Bertz CT molecular complexity index is 2020. The van der Waals surface area contributed by atoms with Crippen LogP contribution in [0.15, 0.2) is 36.4 Å². The van der Waals surface area contributed by atoms with Crippen LogP contribution in [0.25, 0.3) is 0 Å². The zero-order chi connectivity index (χ0) is 48.6. The highest BCUT2D eigenvalue weighted by atomic mass is 16.2. The van der Waals surface area contributed by atoms with E-state index in [1.54, 1.807) is 37.7 Å². The molecule has 0 aromatic heterocycles. The molecule has 0 spiro atoms. The number of hydrogen-bond donors (Lipinski definition) is 7. The Balaban J connectivity index is 0.939. The van der Waals surface area contributed by atoms with Gasteiger partial charge < -0.3 is 47.0 Å². The van der Waals surface area contributed by atoms with E-state index in [1.807, 2.05) is 12.1 Å². The molecule has 8 rings (SSSR count). The molecule has 69 heavy (non-hydrogen) atoms. The Hall–Kier alpha value is -5.02. The highest BCUT2D eigenvalue weighted by Crippen LogP contribution is 2.40. The molecule has 6 amide bonds. The van der Waals surface area contributed by atoms with Crippen molar-refractivity contribution in [1.29, 1.82) is 0 Å². The molecular weight excluding hydrogens is 871 g/mol. The minimum Gasteiger partial charge on any atom is -0.355 e. The van der Waals surface area contributed by atoms with E-state index < -0.39 is 36.3 Å². The molecule has 8 atom stereocenters. The summed E-state index contributed by atoms with van der Waals surface area (Å²) in [4.78, 5) is 87.0. The van der Waals surface area contributed by atoms with Crippen molar-refractivity contribution in [3.8, 4) is 0 Å². The number of hydrogen-bond acceptors (Lipinski definition) is 9. The van der Waals surface area contributed by atoms with Gasteiger partial charge in [-0.05, 0) is 164 Å². The number of rotatable bonds is 16. The van der Waals surface area contributed by atoms with Gasteiger partial charge in [-0.15, -0.1) is 0 Å². The molecule has 15 nitrogen and oxygen atoms in total. The zero-order valence-corrected chi connectivity index (χ0v) is 41.6. The second-order valence-electron chi connectivity index (χ2n) is 20.9. The van der Waals surface area contributed by atoms with Crippen molar-refractivity contribution >= 4 is 46.8 Å². The number of nitrogens with one attached hydrogen (secondary N) is 7. The van der Waals surface area contributed by atoms with Gasteiger partial charge in [-0.3, -0.25) is 28.8 Å². The number of nitrogens with zero attached hydrogens (tertiary/aromatic N) is 2. The van der Waals surface area contributed by atoms with Crippen molar-refractivity contribution in [2.75, 3.05) is 32.5 Å². The first-order valence-electron chi connectivity index (χ1n) is 26.6. The summed E-state index contributed by atoms with van der Waals surface area (Å²) in [5.41, 5.74) is 6.48. The van der Waals surface area contributed by atoms with E-state index in [9.17, 15) is 28.8 Å². The Morgan fingerprint density at radius 2 is 0.913 bits per heavy atom. The molecule has 376 valence electrons. The number of likely N-dealkylation sites (N-methyl/N-ethyl adjacent to an activating group) is 2. The van der Waals surface area contributed by atoms with Crippen LogP contribution in [-0.2, 0) is 41.6 Å². The fourth-order valence-corrected chi connectivity index (χ4v) is 12.4. The van der Waals surface area contributed by atoms with Gasteiger partial charge in [0.05, 0.1) is 24.2 Å². The number of amides is 6. The standard InChI is InChI=1S/C54H79N9O6/c1-33(55-3)49(64)60-47(35-17-7-5-8-18-35)53(68)62-31-15-29-45(62)51(66)58-43-27-13-21-37-39(43)23-11-25-41(37)57-42-26-12-24-40-38(42)22-14-28-44(40)59-52(67)46-30-16-32-63(46)54(69)48(36-19-9-6-10-20-36)61-50(65)34(2)56-4/h11-12,23-26,33-36,43-48,55-57H,5-10,13-22,27-32H2,1-4H3,(H,58,66)(H,59,67)(H,60,64)(H,61,65)/t33-,34-,43+,44+,45-,46-,47-,48-/m0/s1. The summed E-state index contributed by atoms with van der Waals surface area (Å²) in [5, 5.41) is 22.7. The summed E-state index contributed by atoms with van der Waals surface area (Å²) < 4.78 is 0. The van der Waals surface area contributed by atoms with E-state index >= 15 is 0 Å². The van der Waals surface area contributed by atoms with Crippen molar-refractivity contribution in [1.82, 2.24) is 41.7 Å². The molecule has 15 heteroatoms. The molecule has 7 N–H and O–H groups in total. The molecule has 0 radical (unpaired) electrons. The first-order valence-corrected chi connectivity index (χ1v) is 26.6. The predicted octanol–water partition coefficient (Wildman–Crippen LogP) is 5.75. The van der Waals surface area contributed by atoms with Gasteiger partial charge >= 0.3 is 0 Å². The molecule has 4 aliphatic carbocycles. The molecular formula is C54H79N9O6. The van der Waals surface area contributed by atoms with E-state index in [1.165, 1.54) is 11.1 Å². The van der Waals surface area contributed by atoms with Gasteiger partial charge in [-0.2, -0.15) is 0 Å². The van der Waals surface area contributed by atoms with Gasteiger partial charge in [0.15, 0.2) is 0 Å². The third-order valence-corrected chi connectivity index (χ3v) is 16.6. The van der Waals surface area contributed by atoms with Crippen LogP contribution >= 0.6 is 0 Å². The molecule has 2 aromatic carbocycles.